The van der Waals surface area contributed by atoms with Crippen molar-refractivity contribution in [3.8, 4) is 23.1 Å². The van der Waals surface area contributed by atoms with E-state index in [2.05, 4.69) is 15.6 Å². The number of benzene rings is 1. The lowest BCUT2D eigenvalue weighted by Gasteiger charge is -2.19. The Hall–Kier alpha value is -3.65. The van der Waals surface area contributed by atoms with Crippen molar-refractivity contribution in [1.82, 2.24) is 15.0 Å². The summed E-state index contributed by atoms with van der Waals surface area (Å²) in [7, 11) is -3.01. The Morgan fingerprint density at radius 2 is 1.94 bits per heavy atom. The van der Waals surface area contributed by atoms with Crippen LogP contribution in [0.15, 0.2) is 41.6 Å². The predicted molar refractivity (Wildman–Crippen MR) is 123 cm³/mol. The van der Waals surface area contributed by atoms with Crippen molar-refractivity contribution in [2.45, 2.75) is 39.7 Å². The van der Waals surface area contributed by atoms with E-state index in [1.54, 1.807) is 45.9 Å². The van der Waals surface area contributed by atoms with Gasteiger partial charge in [-0.3, -0.25) is 0 Å². The Labute approximate surface area is 192 Å². The normalized spacial score (nSPS) is 11.8. The van der Waals surface area contributed by atoms with Gasteiger partial charge in [0.05, 0.1) is 12.8 Å². The number of urea groups is 1. The molecule has 0 aliphatic heterocycles. The third-order valence-electron chi connectivity index (χ3n) is 4.42. The second-order valence-corrected chi connectivity index (χ2v) is 9.31. The first-order valence-corrected chi connectivity index (χ1v) is 11.5. The number of allylic oxidation sites excluding steroid dienone is 1. The second-order valence-electron chi connectivity index (χ2n) is 7.66. The van der Waals surface area contributed by atoms with E-state index in [0.29, 0.717) is 16.7 Å². The summed E-state index contributed by atoms with van der Waals surface area (Å²) < 4.78 is 46.4. The summed E-state index contributed by atoms with van der Waals surface area (Å²) in [6, 6.07) is 5.99. The maximum Gasteiger partial charge on any atom is 0.333 e. The van der Waals surface area contributed by atoms with E-state index in [9.17, 15) is 22.9 Å². The fourth-order valence-corrected chi connectivity index (χ4v) is 3.62. The molecule has 0 spiro atoms. The first kappa shape index (κ1) is 25.6. The minimum Gasteiger partial charge on any atom is -0.481 e. The van der Waals surface area contributed by atoms with Crippen molar-refractivity contribution in [2.75, 3.05) is 12.4 Å². The third kappa shape index (κ3) is 6.66. The zero-order valence-electron chi connectivity index (χ0n) is 18.9. The predicted octanol–water partition coefficient (Wildman–Crippen LogP) is 3.83. The highest BCUT2D eigenvalue weighted by Gasteiger charge is 2.23. The fraction of sp³-hybridized carbons (Fsp3) is 0.318. The van der Waals surface area contributed by atoms with E-state index < -0.39 is 26.8 Å². The van der Waals surface area contributed by atoms with E-state index in [0.717, 1.165) is 6.20 Å². The first-order valence-electron chi connectivity index (χ1n) is 10.0. The van der Waals surface area contributed by atoms with Crippen LogP contribution in [0.4, 0.5) is 14.9 Å². The Kier molecular flexibility index (Phi) is 8.37. The lowest BCUT2D eigenvalue weighted by atomic mass is 9.94. The van der Waals surface area contributed by atoms with E-state index >= 15 is 0 Å². The molecule has 33 heavy (non-hydrogen) atoms. The van der Waals surface area contributed by atoms with E-state index in [-0.39, 0.29) is 23.5 Å². The van der Waals surface area contributed by atoms with Crippen LogP contribution in [0.3, 0.4) is 0 Å². The van der Waals surface area contributed by atoms with Crippen LogP contribution in [0, 0.1) is 17.1 Å². The summed E-state index contributed by atoms with van der Waals surface area (Å²) in [4.78, 5) is 16.0. The number of hydrogen-bond donors (Lipinski definition) is 3. The van der Waals surface area contributed by atoms with Crippen LogP contribution in [0.1, 0.15) is 39.2 Å². The van der Waals surface area contributed by atoms with Crippen LogP contribution in [0.25, 0.3) is 11.1 Å². The summed E-state index contributed by atoms with van der Waals surface area (Å²) in [6.07, 6.45) is 2.49. The van der Waals surface area contributed by atoms with Gasteiger partial charge >= 0.3 is 6.03 Å². The minimum absolute atomic E-state index is 0.120. The average Bonchev–Trinajstić information content (AvgIpc) is 2.74. The smallest absolute Gasteiger partial charge is 0.333 e. The van der Waals surface area contributed by atoms with Gasteiger partial charge in [-0.1, -0.05) is 13.8 Å². The summed E-state index contributed by atoms with van der Waals surface area (Å²) in [6.45, 7) is 7.13. The number of nitrogens with one attached hydrogen (secondary N) is 3. The van der Waals surface area contributed by atoms with Crippen LogP contribution in [0.2, 0.25) is 0 Å². The number of anilines is 1. The SMILES string of the molecule is COc1cc(-c2cc(F)cc(C(C)C)c2NC(=O)NS(=O)(=O)/C(C#N)=C/NC(C)C)ccn1. The Balaban J connectivity index is 2.48. The number of sulfonamides is 1. The molecule has 2 amide bonds. The number of methoxy groups -OCH3 is 1. The molecule has 0 bridgehead atoms. The molecule has 0 unspecified atom stereocenters. The highest BCUT2D eigenvalue weighted by atomic mass is 32.2. The third-order valence-corrected chi connectivity index (χ3v) is 5.67. The van der Waals surface area contributed by atoms with Crippen molar-refractivity contribution < 1.29 is 22.3 Å². The maximum absolute atomic E-state index is 14.4. The molecule has 0 fully saturated rings. The molecule has 0 saturated carbocycles. The van der Waals surface area contributed by atoms with Gasteiger partial charge in [0.25, 0.3) is 10.0 Å². The monoisotopic (exact) mass is 475 g/mol. The van der Waals surface area contributed by atoms with Crippen LogP contribution in [-0.2, 0) is 10.0 Å². The molecule has 11 heteroatoms. The molecule has 176 valence electrons. The largest absolute Gasteiger partial charge is 0.481 e. The quantitative estimate of drug-likeness (QED) is 0.494. The van der Waals surface area contributed by atoms with Gasteiger partial charge in [0.1, 0.15) is 11.9 Å². The van der Waals surface area contributed by atoms with E-state index in [1.165, 1.54) is 25.4 Å². The number of pyridine rings is 1. The first-order chi connectivity index (χ1) is 15.5. The molecule has 0 saturated heterocycles. The van der Waals surface area contributed by atoms with Crippen molar-refractivity contribution in [1.29, 1.82) is 5.26 Å². The number of aromatic nitrogens is 1. The van der Waals surface area contributed by atoms with E-state index in [4.69, 9.17) is 4.74 Å². The van der Waals surface area contributed by atoms with Gasteiger partial charge < -0.3 is 15.4 Å². The minimum atomic E-state index is -4.45. The van der Waals surface area contributed by atoms with Gasteiger partial charge in [-0.05, 0) is 49.1 Å². The molecule has 0 radical (unpaired) electrons. The van der Waals surface area contributed by atoms with Crippen molar-refractivity contribution in [3.63, 3.8) is 0 Å². The zero-order chi connectivity index (χ0) is 24.8. The van der Waals surface area contributed by atoms with E-state index in [1.807, 2.05) is 4.72 Å². The molecular weight excluding hydrogens is 449 g/mol. The molecule has 9 nitrogen and oxygen atoms in total. The number of hydrogen-bond acceptors (Lipinski definition) is 7. The number of halogens is 1. The summed E-state index contributed by atoms with van der Waals surface area (Å²) in [5, 5.41) is 14.4. The van der Waals surface area contributed by atoms with Crippen LogP contribution in [-0.4, -0.2) is 32.6 Å². The van der Waals surface area contributed by atoms with Crippen molar-refractivity contribution in [3.05, 3.63) is 52.9 Å². The van der Waals surface area contributed by atoms with Crippen molar-refractivity contribution in [2.24, 2.45) is 0 Å². The number of carbonyl (C=O) groups excluding carboxylic acids is 1. The number of nitriles is 1. The molecule has 0 atom stereocenters. The Morgan fingerprint density at radius 1 is 1.24 bits per heavy atom. The van der Waals surface area contributed by atoms with Crippen molar-refractivity contribution >= 4 is 21.7 Å². The van der Waals surface area contributed by atoms with Crippen LogP contribution in [0.5, 0.6) is 5.88 Å². The van der Waals surface area contributed by atoms with Gasteiger partial charge in [0.15, 0.2) is 4.91 Å². The molecule has 3 N–H and O–H groups in total. The second kappa shape index (κ2) is 10.8. The number of amides is 2. The summed E-state index contributed by atoms with van der Waals surface area (Å²) >= 11 is 0. The van der Waals surface area contributed by atoms with Crippen LogP contribution >= 0.6 is 0 Å². The highest BCUT2D eigenvalue weighted by Crippen LogP contribution is 2.36. The molecule has 2 rings (SSSR count). The maximum atomic E-state index is 14.4. The molecule has 1 aromatic heterocycles. The van der Waals surface area contributed by atoms with Gasteiger partial charge in [-0.25, -0.2) is 27.3 Å². The van der Waals surface area contributed by atoms with Gasteiger partial charge in [0, 0.05) is 30.1 Å². The zero-order valence-corrected chi connectivity index (χ0v) is 19.7. The lowest BCUT2D eigenvalue weighted by Crippen LogP contribution is -2.36. The summed E-state index contributed by atoms with van der Waals surface area (Å²) in [5.41, 5.74) is 1.48. The van der Waals surface area contributed by atoms with Gasteiger partial charge in [-0.15, -0.1) is 0 Å². The topological polar surface area (TPSA) is 133 Å². The fourth-order valence-electron chi connectivity index (χ4n) is 2.87. The molecule has 1 heterocycles. The number of ether oxygens (including phenoxy) is 1. The Morgan fingerprint density at radius 3 is 2.52 bits per heavy atom. The molecule has 0 aliphatic rings. The number of rotatable bonds is 8. The van der Waals surface area contributed by atoms with Gasteiger partial charge in [-0.2, -0.15) is 5.26 Å². The average molecular weight is 476 g/mol. The molecule has 2 aromatic rings. The Bertz CT molecular complexity index is 1200. The highest BCUT2D eigenvalue weighted by molar-refractivity contribution is 7.94. The van der Waals surface area contributed by atoms with Gasteiger partial charge in [0.2, 0.25) is 5.88 Å². The number of carbonyl (C=O) groups is 1. The number of nitrogens with zero attached hydrogens (tertiary/aromatic N) is 2. The van der Waals surface area contributed by atoms with Crippen LogP contribution < -0.4 is 20.1 Å². The molecular formula is C22H26FN5O4S. The molecule has 1 aromatic carbocycles. The lowest BCUT2D eigenvalue weighted by molar-refractivity contribution is 0.256. The standard InChI is InChI=1S/C22H26FN5O4S/c1-13(2)18-9-16(23)10-19(15-6-7-25-20(8-15)32-5)21(18)27-22(29)28-33(30,31)17(11-24)12-26-14(3)4/h6-10,12-14,26H,1-5H3,(H2,27,28,29)/b17-12+. The summed E-state index contributed by atoms with van der Waals surface area (Å²) in [5.74, 6) is -0.459. The molecule has 0 aliphatic carbocycles.